The Hall–Kier alpha value is -0.0457. The fourth-order valence-corrected chi connectivity index (χ4v) is 3.00. The van der Waals surface area contributed by atoms with Crippen molar-refractivity contribution in [2.75, 3.05) is 28.2 Å². The van der Waals surface area contributed by atoms with Gasteiger partial charge in [-0.05, 0) is 28.2 Å². The Kier molecular flexibility index (Phi) is 7.24. The van der Waals surface area contributed by atoms with E-state index in [9.17, 15) is 0 Å². The van der Waals surface area contributed by atoms with E-state index in [1.54, 1.807) is 0 Å². The molecule has 0 fully saturated rings. The van der Waals surface area contributed by atoms with Crippen molar-refractivity contribution >= 4 is 14.7 Å². The summed E-state index contributed by atoms with van der Waals surface area (Å²) in [6.07, 6.45) is 0. The van der Waals surface area contributed by atoms with Crippen LogP contribution in [0.15, 0.2) is 30.3 Å². The van der Waals surface area contributed by atoms with Gasteiger partial charge in [0.1, 0.15) is 0 Å². The van der Waals surface area contributed by atoms with Crippen molar-refractivity contribution in [3.63, 3.8) is 0 Å². The van der Waals surface area contributed by atoms with E-state index in [0.29, 0.717) is 0 Å². The maximum Gasteiger partial charge on any atom is 1.00 e. The smallest absolute Gasteiger partial charge is 0.447 e. The number of rotatable bonds is 4. The molecule has 0 aliphatic carbocycles. The summed E-state index contributed by atoms with van der Waals surface area (Å²) in [7, 11) is 8.14. The Morgan fingerprint density at radius 2 is 1.40 bits per heavy atom. The number of nitrogens with zero attached hydrogens (tertiary/aromatic N) is 2. The second-order valence-corrected chi connectivity index (χ2v) is 5.67. The van der Waals surface area contributed by atoms with Gasteiger partial charge in [-0.1, -0.05) is 45.0 Å². The Morgan fingerprint density at radius 1 is 0.933 bits per heavy atom. The molecule has 1 aromatic carbocycles. The molecule has 0 amide bonds. The molecule has 4 heteroatoms. The second kappa shape index (κ2) is 7.26. The minimum atomic E-state index is -0.324. The molecule has 0 aromatic heterocycles. The zero-order valence-corrected chi connectivity index (χ0v) is 11.9. The molecule has 78 valence electrons. The maximum atomic E-state index is 2.22. The molecule has 0 unspecified atom stereocenters. The third-order valence-corrected chi connectivity index (χ3v) is 4.70. The van der Waals surface area contributed by atoms with Gasteiger partial charge < -0.3 is 9.80 Å². The van der Waals surface area contributed by atoms with Crippen LogP contribution in [0.2, 0.25) is 0 Å². The van der Waals surface area contributed by atoms with Gasteiger partial charge >= 0.3 is 18.9 Å². The summed E-state index contributed by atoms with van der Waals surface area (Å²) in [5, 5.41) is 1.49. The Bertz CT molecular complexity index is 257. The van der Waals surface area contributed by atoms with Crippen molar-refractivity contribution in [3.05, 3.63) is 36.1 Å². The van der Waals surface area contributed by atoms with Gasteiger partial charge in [-0.25, -0.2) is 0 Å². The van der Waals surface area contributed by atoms with E-state index < -0.39 is 0 Å². The van der Waals surface area contributed by atoms with E-state index in [1.165, 1.54) is 11.0 Å². The predicted molar refractivity (Wildman–Crippen MR) is 65.2 cm³/mol. The van der Waals surface area contributed by atoms with Gasteiger partial charge in [0.05, 0.1) is 0 Å². The zero-order valence-electron chi connectivity index (χ0n) is 10.5. The zero-order chi connectivity index (χ0) is 10.6. The first kappa shape index (κ1) is 15.0. The molecule has 0 atom stereocenters. The van der Waals surface area contributed by atoms with Crippen LogP contribution in [0.3, 0.4) is 0 Å². The fraction of sp³-hybridized carbons (Fsp3) is 0.364. The molecule has 0 heterocycles. The molecule has 0 radical (unpaired) electrons. The molecule has 0 saturated heterocycles. The van der Waals surface area contributed by atoms with Crippen molar-refractivity contribution in [2.24, 2.45) is 0 Å². The van der Waals surface area contributed by atoms with Crippen LogP contribution in [0.1, 0.15) is 0 Å². The van der Waals surface area contributed by atoms with Crippen molar-refractivity contribution < 1.29 is 18.9 Å². The second-order valence-electron chi connectivity index (χ2n) is 3.87. The van der Waals surface area contributed by atoms with Crippen LogP contribution < -0.4 is 24.0 Å². The summed E-state index contributed by atoms with van der Waals surface area (Å²) in [6.45, 7) is 0. The van der Waals surface area contributed by atoms with E-state index in [0.717, 1.165) is 0 Å². The average Bonchev–Trinajstić information content (AvgIpc) is 2.15. The minimum absolute atomic E-state index is 0. The van der Waals surface area contributed by atoms with Gasteiger partial charge in [-0.3, -0.25) is 0 Å². The predicted octanol–water partition coefficient (Wildman–Crippen LogP) is -2.95. The molecule has 0 saturated carbocycles. The van der Waals surface area contributed by atoms with Gasteiger partial charge in [0.2, 0.25) is 0 Å². The third-order valence-electron chi connectivity index (χ3n) is 2.24. The van der Waals surface area contributed by atoms with Crippen LogP contribution in [-0.4, -0.2) is 47.5 Å². The molecule has 15 heavy (non-hydrogen) atoms. The van der Waals surface area contributed by atoms with Crippen molar-refractivity contribution in [2.45, 2.75) is 0 Å². The molecule has 1 aromatic rings. The van der Waals surface area contributed by atoms with Crippen LogP contribution >= 0.6 is 0 Å². The number of hydrogen-bond acceptors (Lipinski definition) is 2. The largest absolute Gasteiger partial charge is 1.00 e. The normalized spacial score (nSPS) is 11.7. The van der Waals surface area contributed by atoms with Crippen LogP contribution in [0, 0.1) is 5.79 Å². The van der Waals surface area contributed by atoms with Crippen LogP contribution in [0.5, 0.6) is 0 Å². The first-order chi connectivity index (χ1) is 6.61. The quantitative estimate of drug-likeness (QED) is 0.391. The summed E-state index contributed by atoms with van der Waals surface area (Å²) in [5.41, 5.74) is 0. The van der Waals surface area contributed by atoms with Crippen molar-refractivity contribution in [1.82, 2.24) is 9.80 Å². The first-order valence-electron chi connectivity index (χ1n) is 4.85. The summed E-state index contributed by atoms with van der Waals surface area (Å²) >= 11 is 0. The summed E-state index contributed by atoms with van der Waals surface area (Å²) in [6, 6.07) is 10.7. The molecule has 1 rings (SSSR count). The van der Waals surface area contributed by atoms with Crippen molar-refractivity contribution in [3.8, 4) is 0 Å². The van der Waals surface area contributed by atoms with Gasteiger partial charge in [-0.15, -0.1) is 0 Å². The molecule has 0 N–H and O–H groups in total. The third kappa shape index (κ3) is 5.01. The summed E-state index contributed by atoms with van der Waals surface area (Å²) < 4.78 is 0. The Morgan fingerprint density at radius 3 is 1.80 bits per heavy atom. The summed E-state index contributed by atoms with van der Waals surface area (Å²) in [4.78, 5) is 4.44. The molecule has 0 bridgehead atoms. The van der Waals surface area contributed by atoms with E-state index in [4.69, 9.17) is 0 Å². The molecule has 0 aliphatic rings. The van der Waals surface area contributed by atoms with E-state index >= 15 is 0 Å². The van der Waals surface area contributed by atoms with Crippen molar-refractivity contribution in [1.29, 1.82) is 0 Å². The Labute approximate surface area is 108 Å². The Balaban J connectivity index is 0.00000196. The van der Waals surface area contributed by atoms with Crippen LogP contribution in [-0.2, 0) is 0 Å². The maximum absolute atomic E-state index is 2.22. The SMILES string of the molecule is CN(C)[C-]([SiH2]c1ccccc1)N(C)C.[Li+]. The van der Waals surface area contributed by atoms with Crippen LogP contribution in [0.25, 0.3) is 0 Å². The monoisotopic (exact) mass is 214 g/mol. The standard InChI is InChI=1S/C11H19N2Si.Li/c1-12(2)11(13(3)4)14-10-8-6-5-7-9-10;/h5-9H,14H2,1-4H3;/q-1;+1. The molecular formula is C11H19LiN2Si. The van der Waals surface area contributed by atoms with Gasteiger partial charge in [0.25, 0.3) is 0 Å². The molecular weight excluding hydrogens is 195 g/mol. The summed E-state index contributed by atoms with van der Waals surface area (Å²) in [5.74, 6) is 1.45. The van der Waals surface area contributed by atoms with E-state index in [2.05, 4.69) is 68.3 Å². The van der Waals surface area contributed by atoms with Crippen LogP contribution in [0.4, 0.5) is 0 Å². The molecule has 2 nitrogen and oxygen atoms in total. The topological polar surface area (TPSA) is 6.48 Å². The average molecular weight is 214 g/mol. The van der Waals surface area contributed by atoms with Gasteiger partial charge in [0, 0.05) is 0 Å². The van der Waals surface area contributed by atoms with E-state index in [-0.39, 0.29) is 28.4 Å². The minimum Gasteiger partial charge on any atom is -0.447 e. The number of benzene rings is 1. The number of hydrogen-bond donors (Lipinski definition) is 0. The fourth-order valence-electron chi connectivity index (χ4n) is 1.49. The van der Waals surface area contributed by atoms with Gasteiger partial charge in [0.15, 0.2) is 0 Å². The molecule has 0 aliphatic heterocycles. The first-order valence-corrected chi connectivity index (χ1v) is 6.27. The van der Waals surface area contributed by atoms with Gasteiger partial charge in [-0.2, -0.15) is 5.79 Å². The molecule has 0 spiro atoms. The van der Waals surface area contributed by atoms with E-state index in [1.807, 2.05) is 0 Å².